The van der Waals surface area contributed by atoms with E-state index < -0.39 is 6.03 Å². The quantitative estimate of drug-likeness (QED) is 0.887. The first-order valence-corrected chi connectivity index (χ1v) is 8.75. The van der Waals surface area contributed by atoms with E-state index in [1.165, 1.54) is 11.1 Å². The summed E-state index contributed by atoms with van der Waals surface area (Å²) in [6.07, 6.45) is 0. The van der Waals surface area contributed by atoms with Crippen LogP contribution in [-0.4, -0.2) is 47.9 Å². The van der Waals surface area contributed by atoms with Crippen LogP contribution in [0.2, 0.25) is 0 Å². The predicted molar refractivity (Wildman–Crippen MR) is 102 cm³/mol. The predicted octanol–water partition coefficient (Wildman–Crippen LogP) is 2.44. The SMILES string of the molecule is Cc1cccc(CN2CCN(C(=O)c3cccc(NC(N)=O)c3)CC2)c1. The summed E-state index contributed by atoms with van der Waals surface area (Å²) in [4.78, 5) is 27.9. The van der Waals surface area contributed by atoms with Gasteiger partial charge >= 0.3 is 6.03 Å². The molecule has 26 heavy (non-hydrogen) atoms. The van der Waals surface area contributed by atoms with Gasteiger partial charge in [0.25, 0.3) is 5.91 Å². The summed E-state index contributed by atoms with van der Waals surface area (Å²) < 4.78 is 0. The molecule has 1 heterocycles. The Morgan fingerprint density at radius 2 is 1.77 bits per heavy atom. The summed E-state index contributed by atoms with van der Waals surface area (Å²) in [5.41, 5.74) is 8.78. The molecule has 0 aliphatic carbocycles. The van der Waals surface area contributed by atoms with Gasteiger partial charge in [-0.3, -0.25) is 9.69 Å². The molecule has 0 spiro atoms. The third-order valence-electron chi connectivity index (χ3n) is 4.53. The molecule has 1 saturated heterocycles. The van der Waals surface area contributed by atoms with E-state index in [2.05, 4.69) is 41.4 Å². The largest absolute Gasteiger partial charge is 0.351 e. The molecule has 1 aliphatic rings. The average molecular weight is 352 g/mol. The van der Waals surface area contributed by atoms with E-state index in [4.69, 9.17) is 5.73 Å². The number of amides is 3. The normalized spacial score (nSPS) is 14.9. The zero-order valence-corrected chi connectivity index (χ0v) is 14.9. The van der Waals surface area contributed by atoms with Gasteiger partial charge in [0.05, 0.1) is 0 Å². The van der Waals surface area contributed by atoms with Crippen molar-refractivity contribution in [3.05, 3.63) is 65.2 Å². The van der Waals surface area contributed by atoms with E-state index in [0.29, 0.717) is 24.3 Å². The van der Waals surface area contributed by atoms with Crippen molar-refractivity contribution in [3.63, 3.8) is 0 Å². The van der Waals surface area contributed by atoms with Crippen LogP contribution in [0, 0.1) is 6.92 Å². The van der Waals surface area contributed by atoms with Crippen molar-refractivity contribution < 1.29 is 9.59 Å². The van der Waals surface area contributed by atoms with Gasteiger partial charge in [0.2, 0.25) is 0 Å². The highest BCUT2D eigenvalue weighted by Gasteiger charge is 2.22. The number of piperazine rings is 1. The zero-order chi connectivity index (χ0) is 18.5. The average Bonchev–Trinajstić information content (AvgIpc) is 2.61. The summed E-state index contributed by atoms with van der Waals surface area (Å²) in [5.74, 6) is -0.0201. The Balaban J connectivity index is 1.57. The maximum absolute atomic E-state index is 12.7. The highest BCUT2D eigenvalue weighted by Crippen LogP contribution is 2.15. The fraction of sp³-hybridized carbons (Fsp3) is 0.300. The number of aryl methyl sites for hydroxylation is 1. The van der Waals surface area contributed by atoms with E-state index in [0.717, 1.165) is 19.6 Å². The fourth-order valence-electron chi connectivity index (χ4n) is 3.23. The van der Waals surface area contributed by atoms with E-state index in [1.807, 2.05) is 4.90 Å². The lowest BCUT2D eigenvalue weighted by atomic mass is 10.1. The molecule has 136 valence electrons. The molecule has 3 amide bonds. The lowest BCUT2D eigenvalue weighted by molar-refractivity contribution is 0.0628. The Morgan fingerprint density at radius 1 is 1.04 bits per heavy atom. The highest BCUT2D eigenvalue weighted by atomic mass is 16.2. The number of hydrogen-bond donors (Lipinski definition) is 2. The van der Waals surface area contributed by atoms with Gasteiger partial charge in [-0.1, -0.05) is 35.9 Å². The van der Waals surface area contributed by atoms with Crippen molar-refractivity contribution in [2.75, 3.05) is 31.5 Å². The number of hydrogen-bond acceptors (Lipinski definition) is 3. The third kappa shape index (κ3) is 4.61. The Morgan fingerprint density at radius 3 is 2.46 bits per heavy atom. The smallest absolute Gasteiger partial charge is 0.316 e. The molecule has 6 nitrogen and oxygen atoms in total. The monoisotopic (exact) mass is 352 g/mol. The van der Waals surface area contributed by atoms with Crippen LogP contribution < -0.4 is 11.1 Å². The first kappa shape index (κ1) is 17.9. The van der Waals surface area contributed by atoms with Crippen LogP contribution in [-0.2, 0) is 6.54 Å². The van der Waals surface area contributed by atoms with Crippen LogP contribution >= 0.6 is 0 Å². The molecule has 6 heteroatoms. The molecule has 0 unspecified atom stereocenters. The molecule has 1 aliphatic heterocycles. The Kier molecular flexibility index (Phi) is 5.53. The number of benzene rings is 2. The maximum atomic E-state index is 12.7. The lowest BCUT2D eigenvalue weighted by Crippen LogP contribution is -2.48. The van der Waals surface area contributed by atoms with Gasteiger partial charge in [0.1, 0.15) is 0 Å². The molecule has 0 radical (unpaired) electrons. The molecule has 1 fully saturated rings. The molecule has 2 aromatic rings. The first-order valence-electron chi connectivity index (χ1n) is 8.75. The van der Waals surface area contributed by atoms with Crippen molar-refractivity contribution in [1.82, 2.24) is 9.80 Å². The molecule has 0 saturated carbocycles. The number of carbonyl (C=O) groups excluding carboxylic acids is 2. The number of nitrogens with two attached hydrogens (primary N) is 1. The summed E-state index contributed by atoms with van der Waals surface area (Å²) in [5, 5.41) is 2.50. The van der Waals surface area contributed by atoms with E-state index in [9.17, 15) is 9.59 Å². The van der Waals surface area contributed by atoms with Gasteiger partial charge in [0.15, 0.2) is 0 Å². The van der Waals surface area contributed by atoms with E-state index in [-0.39, 0.29) is 5.91 Å². The van der Waals surface area contributed by atoms with Crippen LogP contribution in [0.25, 0.3) is 0 Å². The Labute approximate surface area is 153 Å². The van der Waals surface area contributed by atoms with Crippen LogP contribution in [0.5, 0.6) is 0 Å². The second-order valence-corrected chi connectivity index (χ2v) is 6.63. The van der Waals surface area contributed by atoms with Gasteiger partial charge in [-0.05, 0) is 30.7 Å². The topological polar surface area (TPSA) is 78.7 Å². The van der Waals surface area contributed by atoms with Crippen molar-refractivity contribution in [2.24, 2.45) is 5.73 Å². The number of nitrogens with zero attached hydrogens (tertiary/aromatic N) is 2. The van der Waals surface area contributed by atoms with Crippen LogP contribution in [0.3, 0.4) is 0 Å². The minimum atomic E-state index is -0.639. The molecule has 0 aromatic heterocycles. The number of nitrogens with one attached hydrogen (secondary N) is 1. The maximum Gasteiger partial charge on any atom is 0.316 e. The van der Waals surface area contributed by atoms with Crippen molar-refractivity contribution >= 4 is 17.6 Å². The van der Waals surface area contributed by atoms with Crippen LogP contribution in [0.1, 0.15) is 21.5 Å². The number of carbonyl (C=O) groups is 2. The summed E-state index contributed by atoms with van der Waals surface area (Å²) in [7, 11) is 0. The van der Waals surface area contributed by atoms with Gasteiger partial charge < -0.3 is 16.0 Å². The summed E-state index contributed by atoms with van der Waals surface area (Å²) >= 11 is 0. The zero-order valence-electron chi connectivity index (χ0n) is 14.9. The molecule has 2 aromatic carbocycles. The van der Waals surface area contributed by atoms with Gasteiger partial charge in [-0.15, -0.1) is 0 Å². The molecular weight excluding hydrogens is 328 g/mol. The first-order chi connectivity index (χ1) is 12.5. The minimum Gasteiger partial charge on any atom is -0.351 e. The summed E-state index contributed by atoms with van der Waals surface area (Å²) in [6.45, 7) is 6.08. The highest BCUT2D eigenvalue weighted by molar-refractivity contribution is 5.96. The molecular formula is C20H24N4O2. The van der Waals surface area contributed by atoms with Gasteiger partial charge in [-0.2, -0.15) is 0 Å². The second-order valence-electron chi connectivity index (χ2n) is 6.63. The third-order valence-corrected chi connectivity index (χ3v) is 4.53. The number of anilines is 1. The van der Waals surface area contributed by atoms with Crippen LogP contribution in [0.4, 0.5) is 10.5 Å². The van der Waals surface area contributed by atoms with E-state index >= 15 is 0 Å². The Hall–Kier alpha value is -2.86. The molecule has 3 rings (SSSR count). The standard InChI is InChI=1S/C20H24N4O2/c1-15-4-2-5-16(12-15)14-23-8-10-24(11-9-23)19(25)17-6-3-7-18(13-17)22-20(21)26/h2-7,12-13H,8-11,14H2,1H3,(H3,21,22,26). The van der Waals surface area contributed by atoms with Crippen molar-refractivity contribution in [1.29, 1.82) is 0 Å². The van der Waals surface area contributed by atoms with E-state index in [1.54, 1.807) is 24.3 Å². The summed E-state index contributed by atoms with van der Waals surface area (Å²) in [6, 6.07) is 14.8. The van der Waals surface area contributed by atoms with Gasteiger partial charge in [-0.25, -0.2) is 4.79 Å². The van der Waals surface area contributed by atoms with Gasteiger partial charge in [0, 0.05) is 44.0 Å². The molecule has 3 N–H and O–H groups in total. The van der Waals surface area contributed by atoms with Crippen molar-refractivity contribution in [2.45, 2.75) is 13.5 Å². The molecule has 0 atom stereocenters. The minimum absolute atomic E-state index is 0.0201. The van der Waals surface area contributed by atoms with Crippen LogP contribution in [0.15, 0.2) is 48.5 Å². The number of primary amides is 1. The molecule has 0 bridgehead atoms. The number of urea groups is 1. The second kappa shape index (κ2) is 8.01. The Bertz CT molecular complexity index is 798. The van der Waals surface area contributed by atoms with Crippen molar-refractivity contribution in [3.8, 4) is 0 Å². The fourth-order valence-corrected chi connectivity index (χ4v) is 3.23. The lowest BCUT2D eigenvalue weighted by Gasteiger charge is -2.35. The number of rotatable bonds is 4.